The van der Waals surface area contributed by atoms with Crippen LogP contribution in [0.25, 0.3) is 0 Å². The number of nitrogens with zero attached hydrogens (tertiary/aromatic N) is 1. The number of amides is 2. The molecule has 1 N–H and O–H groups in total. The number of carbonyl (C=O) groups is 2. The number of thioether (sulfide) groups is 1. The summed E-state index contributed by atoms with van der Waals surface area (Å²) in [6.45, 7) is 2.10. The fourth-order valence-electron chi connectivity index (χ4n) is 3.90. The Labute approximate surface area is 198 Å². The molecule has 3 rings (SSSR count). The maximum absolute atomic E-state index is 13.1. The van der Waals surface area contributed by atoms with Crippen molar-refractivity contribution in [2.45, 2.75) is 63.4 Å². The molecule has 7 heteroatoms. The summed E-state index contributed by atoms with van der Waals surface area (Å²) in [5, 5.41) is 3.73. The number of benzene rings is 2. The topological polar surface area (TPSA) is 49.4 Å². The second-order valence-corrected chi connectivity index (χ2v) is 9.71. The maximum Gasteiger partial charge on any atom is 0.242 e. The fourth-order valence-corrected chi connectivity index (χ4v) is 4.99. The summed E-state index contributed by atoms with van der Waals surface area (Å²) in [6, 6.07) is 13.2. The molecule has 0 bridgehead atoms. The SMILES string of the molecule is CC(C(=O)NC1CCCCC1)N(Cc1cccc(Cl)c1)C(=O)CSCc1ccc(F)cc1. The average Bonchev–Trinajstić information content (AvgIpc) is 2.79. The third-order valence-corrected chi connectivity index (χ3v) is 6.99. The van der Waals surface area contributed by atoms with E-state index in [9.17, 15) is 14.0 Å². The third kappa shape index (κ3) is 7.52. The summed E-state index contributed by atoms with van der Waals surface area (Å²) in [7, 11) is 0. The van der Waals surface area contributed by atoms with E-state index in [1.54, 1.807) is 30.0 Å². The van der Waals surface area contributed by atoms with E-state index in [0.717, 1.165) is 36.8 Å². The van der Waals surface area contributed by atoms with Gasteiger partial charge in [0.2, 0.25) is 11.8 Å². The average molecular weight is 477 g/mol. The molecule has 0 radical (unpaired) electrons. The van der Waals surface area contributed by atoms with Crippen LogP contribution in [0.2, 0.25) is 5.02 Å². The van der Waals surface area contributed by atoms with Gasteiger partial charge in [-0.3, -0.25) is 9.59 Å². The number of rotatable bonds is 9. The first-order valence-electron chi connectivity index (χ1n) is 11.1. The van der Waals surface area contributed by atoms with Crippen molar-refractivity contribution >= 4 is 35.2 Å². The summed E-state index contributed by atoms with van der Waals surface area (Å²) in [4.78, 5) is 27.7. The highest BCUT2D eigenvalue weighted by atomic mass is 35.5. The molecule has 2 aromatic rings. The van der Waals surface area contributed by atoms with Crippen molar-refractivity contribution in [1.29, 1.82) is 0 Å². The van der Waals surface area contributed by atoms with Gasteiger partial charge in [-0.05, 0) is 55.2 Å². The number of halogens is 2. The molecule has 1 unspecified atom stereocenters. The Morgan fingerprint density at radius 3 is 2.53 bits per heavy atom. The lowest BCUT2D eigenvalue weighted by molar-refractivity contribution is -0.139. The van der Waals surface area contributed by atoms with Gasteiger partial charge in [0, 0.05) is 23.4 Å². The first-order valence-corrected chi connectivity index (χ1v) is 12.6. The van der Waals surface area contributed by atoms with Crippen molar-refractivity contribution in [2.24, 2.45) is 0 Å². The molecule has 0 aliphatic heterocycles. The van der Waals surface area contributed by atoms with Gasteiger partial charge in [0.15, 0.2) is 0 Å². The van der Waals surface area contributed by atoms with E-state index in [0.29, 0.717) is 17.3 Å². The minimum absolute atomic E-state index is 0.108. The van der Waals surface area contributed by atoms with Crippen molar-refractivity contribution < 1.29 is 14.0 Å². The van der Waals surface area contributed by atoms with Crippen LogP contribution < -0.4 is 5.32 Å². The van der Waals surface area contributed by atoms with Crippen molar-refractivity contribution in [1.82, 2.24) is 10.2 Å². The molecule has 4 nitrogen and oxygen atoms in total. The predicted octanol–water partition coefficient (Wildman–Crippen LogP) is 5.58. The third-order valence-electron chi connectivity index (χ3n) is 5.77. The van der Waals surface area contributed by atoms with Gasteiger partial charge < -0.3 is 10.2 Å². The van der Waals surface area contributed by atoms with Crippen LogP contribution in [0.1, 0.15) is 50.2 Å². The van der Waals surface area contributed by atoms with Gasteiger partial charge in [-0.25, -0.2) is 4.39 Å². The van der Waals surface area contributed by atoms with Gasteiger partial charge in [0.05, 0.1) is 5.75 Å². The Bertz CT molecular complexity index is 903. The van der Waals surface area contributed by atoms with Crippen LogP contribution in [0.3, 0.4) is 0 Å². The molecular weight excluding hydrogens is 447 g/mol. The van der Waals surface area contributed by atoms with Crippen LogP contribution in [-0.2, 0) is 21.9 Å². The van der Waals surface area contributed by atoms with Crippen LogP contribution in [0.5, 0.6) is 0 Å². The van der Waals surface area contributed by atoms with Crippen molar-refractivity contribution in [2.75, 3.05) is 5.75 Å². The molecule has 1 atom stereocenters. The molecule has 2 aromatic carbocycles. The molecule has 1 saturated carbocycles. The lowest BCUT2D eigenvalue weighted by Gasteiger charge is -2.31. The summed E-state index contributed by atoms with van der Waals surface area (Å²) < 4.78 is 13.1. The van der Waals surface area contributed by atoms with Crippen LogP contribution in [-0.4, -0.2) is 34.6 Å². The minimum Gasteiger partial charge on any atom is -0.352 e. The quantitative estimate of drug-likeness (QED) is 0.514. The monoisotopic (exact) mass is 476 g/mol. The molecule has 1 aliphatic carbocycles. The summed E-state index contributed by atoms with van der Waals surface area (Å²) in [5.41, 5.74) is 1.83. The molecule has 32 heavy (non-hydrogen) atoms. The number of hydrogen-bond donors (Lipinski definition) is 1. The van der Waals surface area contributed by atoms with Gasteiger partial charge in [-0.15, -0.1) is 11.8 Å². The molecule has 2 amide bonds. The Kier molecular flexibility index (Phi) is 9.42. The number of hydrogen-bond acceptors (Lipinski definition) is 3. The molecule has 0 spiro atoms. The Morgan fingerprint density at radius 2 is 1.84 bits per heavy atom. The van der Waals surface area contributed by atoms with E-state index >= 15 is 0 Å². The fraction of sp³-hybridized carbons (Fsp3) is 0.440. The van der Waals surface area contributed by atoms with E-state index in [1.807, 2.05) is 18.2 Å². The van der Waals surface area contributed by atoms with Gasteiger partial charge in [0.25, 0.3) is 0 Å². The van der Waals surface area contributed by atoms with E-state index in [1.165, 1.54) is 30.3 Å². The highest BCUT2D eigenvalue weighted by Crippen LogP contribution is 2.20. The van der Waals surface area contributed by atoms with Crippen LogP contribution >= 0.6 is 23.4 Å². The Hall–Kier alpha value is -2.05. The van der Waals surface area contributed by atoms with Crippen LogP contribution in [0, 0.1) is 5.82 Å². The summed E-state index contributed by atoms with van der Waals surface area (Å²) >= 11 is 7.58. The van der Waals surface area contributed by atoms with Gasteiger partial charge in [-0.1, -0.05) is 55.1 Å². The van der Waals surface area contributed by atoms with Crippen molar-refractivity contribution in [3.63, 3.8) is 0 Å². The zero-order valence-corrected chi connectivity index (χ0v) is 19.9. The zero-order valence-electron chi connectivity index (χ0n) is 18.4. The standard InChI is InChI=1S/C25H30ClFN2O2S/c1-18(25(31)28-23-8-3-2-4-9-23)29(15-20-6-5-7-21(26)14-20)24(30)17-32-16-19-10-12-22(27)13-11-19/h5-7,10-14,18,23H,2-4,8-9,15-17H2,1H3,(H,28,31). The van der Waals surface area contributed by atoms with Crippen molar-refractivity contribution in [3.8, 4) is 0 Å². The first kappa shape index (κ1) is 24.6. The Morgan fingerprint density at radius 1 is 1.12 bits per heavy atom. The van der Waals surface area contributed by atoms with Crippen molar-refractivity contribution in [3.05, 3.63) is 70.5 Å². The van der Waals surface area contributed by atoms with E-state index in [4.69, 9.17) is 11.6 Å². The largest absolute Gasteiger partial charge is 0.352 e. The summed E-state index contributed by atoms with van der Waals surface area (Å²) in [5.74, 6) is 0.332. The molecule has 0 saturated heterocycles. The maximum atomic E-state index is 13.1. The molecule has 0 aromatic heterocycles. The molecule has 1 aliphatic rings. The number of nitrogens with one attached hydrogen (secondary N) is 1. The molecule has 1 fully saturated rings. The second kappa shape index (κ2) is 12.3. The van der Waals surface area contributed by atoms with Gasteiger partial charge in [-0.2, -0.15) is 0 Å². The lowest BCUT2D eigenvalue weighted by atomic mass is 9.95. The Balaban J connectivity index is 1.64. The van der Waals surface area contributed by atoms with Gasteiger partial charge in [0.1, 0.15) is 11.9 Å². The summed E-state index contributed by atoms with van der Waals surface area (Å²) in [6.07, 6.45) is 5.46. The van der Waals surface area contributed by atoms with Gasteiger partial charge >= 0.3 is 0 Å². The highest BCUT2D eigenvalue weighted by Gasteiger charge is 2.28. The molecular formula is C25H30ClFN2O2S. The number of carbonyl (C=O) groups excluding carboxylic acids is 2. The lowest BCUT2D eigenvalue weighted by Crippen LogP contribution is -2.50. The highest BCUT2D eigenvalue weighted by molar-refractivity contribution is 7.99. The smallest absolute Gasteiger partial charge is 0.242 e. The second-order valence-electron chi connectivity index (χ2n) is 8.29. The molecule has 172 valence electrons. The van der Waals surface area contributed by atoms with Crippen LogP contribution in [0.15, 0.2) is 48.5 Å². The normalized spacial score (nSPS) is 15.2. The van der Waals surface area contributed by atoms with Crippen LogP contribution in [0.4, 0.5) is 4.39 Å². The predicted molar refractivity (Wildman–Crippen MR) is 129 cm³/mol. The first-order chi connectivity index (χ1) is 15.4. The zero-order chi connectivity index (χ0) is 22.9. The van der Waals surface area contributed by atoms with E-state index in [-0.39, 0.29) is 29.4 Å². The van der Waals surface area contributed by atoms with E-state index < -0.39 is 6.04 Å². The molecule has 0 heterocycles. The van der Waals surface area contributed by atoms with E-state index in [2.05, 4.69) is 5.32 Å². The minimum atomic E-state index is -0.588.